The van der Waals surface area contributed by atoms with Gasteiger partial charge in [-0.05, 0) is 35.9 Å². The second kappa shape index (κ2) is 9.29. The van der Waals surface area contributed by atoms with Crippen LogP contribution in [0.3, 0.4) is 0 Å². The van der Waals surface area contributed by atoms with Crippen LogP contribution in [-0.2, 0) is 6.54 Å². The Hall–Kier alpha value is -4.67. The van der Waals surface area contributed by atoms with Crippen LogP contribution in [-0.4, -0.2) is 42.4 Å². The van der Waals surface area contributed by atoms with Gasteiger partial charge in [-0.2, -0.15) is 5.10 Å². The Bertz CT molecular complexity index is 1480. The first-order chi connectivity index (χ1) is 17.0. The van der Waals surface area contributed by atoms with Gasteiger partial charge >= 0.3 is 0 Å². The molecule has 0 aliphatic carbocycles. The van der Waals surface area contributed by atoms with Crippen molar-refractivity contribution in [1.29, 1.82) is 0 Å². The molecule has 3 aromatic heterocycles. The van der Waals surface area contributed by atoms with Crippen molar-refractivity contribution in [2.75, 3.05) is 12.4 Å². The number of halogens is 2. The quantitative estimate of drug-likeness (QED) is 0.378. The predicted molar refractivity (Wildman–Crippen MR) is 123 cm³/mol. The van der Waals surface area contributed by atoms with Crippen molar-refractivity contribution in [2.45, 2.75) is 13.0 Å². The molecule has 1 N–H and O–H groups in total. The number of anilines is 1. The van der Waals surface area contributed by atoms with Gasteiger partial charge in [0.25, 0.3) is 12.3 Å². The first-order valence-electron chi connectivity index (χ1n) is 10.6. The van der Waals surface area contributed by atoms with Crippen molar-refractivity contribution >= 4 is 17.5 Å². The van der Waals surface area contributed by atoms with Gasteiger partial charge < -0.3 is 4.74 Å². The zero-order valence-corrected chi connectivity index (χ0v) is 18.5. The van der Waals surface area contributed by atoms with E-state index in [0.29, 0.717) is 17.9 Å². The van der Waals surface area contributed by atoms with Gasteiger partial charge in [-0.15, -0.1) is 5.10 Å². The Balaban J connectivity index is 1.45. The number of hydrogen-bond donors (Lipinski definition) is 1. The third-order valence-corrected chi connectivity index (χ3v) is 5.30. The number of benzene rings is 2. The van der Waals surface area contributed by atoms with Crippen LogP contribution in [0.2, 0.25) is 0 Å². The maximum absolute atomic E-state index is 13.8. The Morgan fingerprint density at radius 1 is 1.11 bits per heavy atom. The fourth-order valence-corrected chi connectivity index (χ4v) is 3.58. The second-order valence-corrected chi connectivity index (χ2v) is 7.59. The summed E-state index contributed by atoms with van der Waals surface area (Å²) >= 11 is 0. The van der Waals surface area contributed by atoms with Crippen LogP contribution in [0.5, 0.6) is 5.75 Å². The van der Waals surface area contributed by atoms with Crippen LogP contribution in [0.15, 0.2) is 73.2 Å². The van der Waals surface area contributed by atoms with E-state index in [9.17, 15) is 13.6 Å². The number of ether oxygens (including phenoxy) is 1. The maximum Gasteiger partial charge on any atom is 0.280 e. The van der Waals surface area contributed by atoms with E-state index in [0.717, 1.165) is 10.1 Å². The summed E-state index contributed by atoms with van der Waals surface area (Å²) in [5.41, 5.74) is 1.51. The number of alkyl halides is 2. The van der Waals surface area contributed by atoms with Crippen LogP contribution in [0.4, 0.5) is 14.7 Å². The molecule has 0 saturated heterocycles. The van der Waals surface area contributed by atoms with Gasteiger partial charge in [0, 0.05) is 5.56 Å². The van der Waals surface area contributed by atoms with E-state index in [1.807, 2.05) is 30.3 Å². The van der Waals surface area contributed by atoms with E-state index in [4.69, 9.17) is 4.74 Å². The van der Waals surface area contributed by atoms with Gasteiger partial charge in [-0.3, -0.25) is 10.1 Å². The lowest BCUT2D eigenvalue weighted by molar-refractivity contribution is 0.102. The number of nitrogens with zero attached hydrogens (tertiary/aromatic N) is 6. The fourth-order valence-electron chi connectivity index (χ4n) is 3.58. The smallest absolute Gasteiger partial charge is 0.280 e. The van der Waals surface area contributed by atoms with Crippen LogP contribution >= 0.6 is 0 Å². The van der Waals surface area contributed by atoms with Gasteiger partial charge in [0.1, 0.15) is 23.3 Å². The number of methoxy groups -OCH3 is 1. The molecule has 0 radical (unpaired) electrons. The molecule has 0 atom stereocenters. The summed E-state index contributed by atoms with van der Waals surface area (Å²) in [5.74, 6) is 0.0789. The summed E-state index contributed by atoms with van der Waals surface area (Å²) in [7, 11) is 1.53. The minimum absolute atomic E-state index is 0.00478. The number of amides is 1. The Labute approximate surface area is 198 Å². The SMILES string of the molecule is COc1ccc(-c2cc(C(F)F)n3ncc(C(=O)Nc4ncn(Cc5ccccc5)n4)c3n2)cc1. The summed E-state index contributed by atoms with van der Waals surface area (Å²) in [4.78, 5) is 21.5. The Kier molecular flexibility index (Phi) is 5.88. The number of aromatic nitrogens is 6. The van der Waals surface area contributed by atoms with Crippen molar-refractivity contribution in [3.05, 3.63) is 90.0 Å². The van der Waals surface area contributed by atoms with Crippen molar-refractivity contribution in [3.8, 4) is 17.0 Å². The number of fused-ring (bicyclic) bond motifs is 1. The second-order valence-electron chi connectivity index (χ2n) is 7.59. The molecule has 5 rings (SSSR count). The zero-order chi connectivity index (χ0) is 24.4. The number of rotatable bonds is 7. The molecule has 0 aliphatic rings. The first kappa shape index (κ1) is 22.1. The van der Waals surface area contributed by atoms with Crippen molar-refractivity contribution in [2.24, 2.45) is 0 Å². The largest absolute Gasteiger partial charge is 0.497 e. The molecule has 0 saturated carbocycles. The predicted octanol–water partition coefficient (Wildman–Crippen LogP) is 4.23. The van der Waals surface area contributed by atoms with Crippen molar-refractivity contribution < 1.29 is 18.3 Å². The monoisotopic (exact) mass is 475 g/mol. The van der Waals surface area contributed by atoms with Gasteiger partial charge in [0.15, 0.2) is 5.65 Å². The van der Waals surface area contributed by atoms with E-state index >= 15 is 0 Å². The molecule has 35 heavy (non-hydrogen) atoms. The van der Waals surface area contributed by atoms with Crippen LogP contribution in [0.25, 0.3) is 16.9 Å². The molecule has 9 nitrogen and oxygen atoms in total. The van der Waals surface area contributed by atoms with E-state index in [2.05, 4.69) is 25.5 Å². The van der Waals surface area contributed by atoms with Gasteiger partial charge in [0.05, 0.1) is 25.5 Å². The molecule has 5 aromatic rings. The molecule has 176 valence electrons. The van der Waals surface area contributed by atoms with Gasteiger partial charge in [0.2, 0.25) is 5.95 Å². The lowest BCUT2D eigenvalue weighted by Crippen LogP contribution is -2.14. The van der Waals surface area contributed by atoms with Crippen LogP contribution in [0, 0.1) is 0 Å². The highest BCUT2D eigenvalue weighted by Crippen LogP contribution is 2.28. The molecular formula is C24H19F2N7O2. The highest BCUT2D eigenvalue weighted by atomic mass is 19.3. The molecule has 0 spiro atoms. The number of carbonyl (C=O) groups excluding carboxylic acids is 1. The number of nitrogens with one attached hydrogen (secondary N) is 1. The van der Waals surface area contributed by atoms with E-state index < -0.39 is 12.3 Å². The molecule has 2 aromatic carbocycles. The minimum Gasteiger partial charge on any atom is -0.497 e. The number of carbonyl (C=O) groups is 1. The summed E-state index contributed by atoms with van der Waals surface area (Å²) in [6.45, 7) is 0.477. The minimum atomic E-state index is -2.83. The standard InChI is InChI=1S/C24H19F2N7O2/c1-35-17-9-7-16(8-10-17)19-11-20(21(25)26)33-22(29-19)18(12-28-33)23(34)30-24-27-14-32(31-24)13-15-5-3-2-4-6-15/h2-12,14,21H,13H2,1H3,(H,30,31,34). The summed E-state index contributed by atoms with van der Waals surface area (Å²) < 4.78 is 35.3. The average Bonchev–Trinajstić information content (AvgIpc) is 3.50. The highest BCUT2D eigenvalue weighted by molar-refractivity contribution is 6.07. The molecular weight excluding hydrogens is 456 g/mol. The van der Waals surface area contributed by atoms with Crippen LogP contribution < -0.4 is 10.1 Å². The first-order valence-corrected chi connectivity index (χ1v) is 10.6. The Morgan fingerprint density at radius 3 is 2.60 bits per heavy atom. The van der Waals surface area contributed by atoms with E-state index in [1.165, 1.54) is 25.7 Å². The van der Waals surface area contributed by atoms with E-state index in [-0.39, 0.29) is 28.5 Å². The van der Waals surface area contributed by atoms with Crippen molar-refractivity contribution in [3.63, 3.8) is 0 Å². The average molecular weight is 475 g/mol. The van der Waals surface area contributed by atoms with Crippen LogP contribution in [0.1, 0.15) is 28.0 Å². The Morgan fingerprint density at radius 2 is 1.89 bits per heavy atom. The number of hydrogen-bond acceptors (Lipinski definition) is 6. The molecule has 0 aliphatic heterocycles. The maximum atomic E-state index is 13.8. The fraction of sp³-hybridized carbons (Fsp3) is 0.125. The molecule has 1 amide bonds. The molecule has 0 bridgehead atoms. The summed E-state index contributed by atoms with van der Waals surface area (Å²) in [6.07, 6.45) is -0.140. The molecule has 0 fully saturated rings. The van der Waals surface area contributed by atoms with Crippen molar-refractivity contribution in [1.82, 2.24) is 29.4 Å². The van der Waals surface area contributed by atoms with E-state index in [1.54, 1.807) is 28.9 Å². The lowest BCUT2D eigenvalue weighted by atomic mass is 10.1. The lowest BCUT2D eigenvalue weighted by Gasteiger charge is -2.09. The molecule has 3 heterocycles. The molecule has 11 heteroatoms. The normalized spacial score (nSPS) is 11.2. The van der Waals surface area contributed by atoms with Gasteiger partial charge in [-0.1, -0.05) is 30.3 Å². The third kappa shape index (κ3) is 4.56. The topological polar surface area (TPSA) is 99.2 Å². The highest BCUT2D eigenvalue weighted by Gasteiger charge is 2.22. The molecule has 0 unspecified atom stereocenters. The zero-order valence-electron chi connectivity index (χ0n) is 18.5. The summed E-state index contributed by atoms with van der Waals surface area (Å²) in [6, 6.07) is 17.7. The third-order valence-electron chi connectivity index (χ3n) is 5.30. The van der Waals surface area contributed by atoms with Gasteiger partial charge in [-0.25, -0.2) is 27.9 Å². The summed E-state index contributed by atoms with van der Waals surface area (Å²) in [5, 5.41) is 10.8.